The molecule has 1 unspecified atom stereocenters. The highest BCUT2D eigenvalue weighted by Crippen LogP contribution is 2.19. The van der Waals surface area contributed by atoms with Crippen molar-refractivity contribution in [3.05, 3.63) is 35.9 Å². The van der Waals surface area contributed by atoms with E-state index in [1.165, 1.54) is 5.56 Å². The minimum Gasteiger partial charge on any atom is -0.357 e. The Bertz CT molecular complexity index is 582. The van der Waals surface area contributed by atoms with Crippen LogP contribution < -0.4 is 16.0 Å². The van der Waals surface area contributed by atoms with Gasteiger partial charge in [-0.2, -0.15) is 0 Å². The third-order valence-corrected chi connectivity index (χ3v) is 4.14. The lowest BCUT2D eigenvalue weighted by Gasteiger charge is -2.30. The number of halogens is 1. The Morgan fingerprint density at radius 3 is 2.18 bits per heavy atom. The van der Waals surface area contributed by atoms with Crippen LogP contribution in [0.1, 0.15) is 53.1 Å². The number of benzene rings is 1. The molecular weight excluding hydrogens is 465 g/mol. The Kier molecular flexibility index (Phi) is 13.1. The number of hydrogen-bond donors (Lipinski definition) is 3. The van der Waals surface area contributed by atoms with Gasteiger partial charge in [0.15, 0.2) is 5.96 Å². The van der Waals surface area contributed by atoms with E-state index in [1.54, 1.807) is 0 Å². The zero-order valence-electron chi connectivity index (χ0n) is 18.2. The summed E-state index contributed by atoms with van der Waals surface area (Å²) >= 11 is 0. The fourth-order valence-corrected chi connectivity index (χ4v) is 2.94. The molecule has 0 saturated carbocycles. The molecule has 1 aromatic rings. The normalized spacial score (nSPS) is 12.9. The monoisotopic (exact) mass is 503 g/mol. The summed E-state index contributed by atoms with van der Waals surface area (Å²) in [5.41, 5.74) is 1.02. The van der Waals surface area contributed by atoms with Gasteiger partial charge in [0, 0.05) is 18.6 Å². The number of guanidine groups is 1. The first-order chi connectivity index (χ1) is 12.8. The van der Waals surface area contributed by atoms with E-state index in [0.29, 0.717) is 5.96 Å². The summed E-state index contributed by atoms with van der Waals surface area (Å²) in [6.07, 6.45) is 0. The number of nitrogens with one attached hydrogen (secondary N) is 3. The van der Waals surface area contributed by atoms with Gasteiger partial charge in [-0.1, -0.05) is 44.2 Å². The summed E-state index contributed by atoms with van der Waals surface area (Å²) in [6, 6.07) is 10.7. The van der Waals surface area contributed by atoms with Crippen LogP contribution in [0.5, 0.6) is 0 Å². The molecule has 1 aromatic carbocycles. The largest absolute Gasteiger partial charge is 0.357 e. The Balaban J connectivity index is 0.00000729. The van der Waals surface area contributed by atoms with Gasteiger partial charge in [0.1, 0.15) is 6.54 Å². The maximum absolute atomic E-state index is 12.0. The van der Waals surface area contributed by atoms with Crippen LogP contribution in [0.15, 0.2) is 35.3 Å². The van der Waals surface area contributed by atoms with Gasteiger partial charge >= 0.3 is 0 Å². The molecule has 3 N–H and O–H groups in total. The van der Waals surface area contributed by atoms with E-state index >= 15 is 0 Å². The Labute approximate surface area is 188 Å². The molecule has 7 heteroatoms. The van der Waals surface area contributed by atoms with Crippen molar-refractivity contribution >= 4 is 35.8 Å². The van der Waals surface area contributed by atoms with Gasteiger partial charge in [-0.05, 0) is 46.3 Å². The Morgan fingerprint density at radius 1 is 1.07 bits per heavy atom. The van der Waals surface area contributed by atoms with Crippen molar-refractivity contribution in [3.8, 4) is 0 Å². The summed E-state index contributed by atoms with van der Waals surface area (Å²) in [5.74, 6) is 0.581. The summed E-state index contributed by atoms with van der Waals surface area (Å²) in [6.45, 7) is 15.8. The molecule has 0 radical (unpaired) electrons. The number of hydrogen-bond acceptors (Lipinski definition) is 3. The van der Waals surface area contributed by atoms with Crippen molar-refractivity contribution in [2.24, 2.45) is 4.99 Å². The first-order valence-electron chi connectivity index (χ1n) is 9.92. The number of carbonyl (C=O) groups is 1. The van der Waals surface area contributed by atoms with Crippen molar-refractivity contribution in [3.63, 3.8) is 0 Å². The molecule has 0 aliphatic heterocycles. The van der Waals surface area contributed by atoms with Crippen LogP contribution in [-0.2, 0) is 4.79 Å². The molecule has 0 spiro atoms. The van der Waals surface area contributed by atoms with Gasteiger partial charge in [-0.15, -0.1) is 24.0 Å². The summed E-state index contributed by atoms with van der Waals surface area (Å²) in [7, 11) is 0. The number of nitrogens with zero attached hydrogens (tertiary/aromatic N) is 2. The van der Waals surface area contributed by atoms with Gasteiger partial charge in [0.05, 0.1) is 6.04 Å². The van der Waals surface area contributed by atoms with Gasteiger partial charge in [-0.3, -0.25) is 9.69 Å². The summed E-state index contributed by atoms with van der Waals surface area (Å²) in [4.78, 5) is 18.9. The van der Waals surface area contributed by atoms with Gasteiger partial charge in [0.2, 0.25) is 5.91 Å². The fraction of sp³-hybridized carbons (Fsp3) is 0.619. The second-order valence-electron chi connectivity index (χ2n) is 7.52. The number of amides is 1. The van der Waals surface area contributed by atoms with E-state index in [4.69, 9.17) is 0 Å². The molecule has 6 nitrogen and oxygen atoms in total. The number of aliphatic imine (C=N–C) groups is 1. The zero-order valence-corrected chi connectivity index (χ0v) is 20.5. The molecule has 28 heavy (non-hydrogen) atoms. The molecule has 0 bridgehead atoms. The summed E-state index contributed by atoms with van der Waals surface area (Å²) < 4.78 is 0. The first-order valence-corrected chi connectivity index (χ1v) is 9.92. The molecular formula is C21H38IN5O. The van der Waals surface area contributed by atoms with E-state index in [9.17, 15) is 4.79 Å². The van der Waals surface area contributed by atoms with E-state index < -0.39 is 0 Å². The van der Waals surface area contributed by atoms with Crippen molar-refractivity contribution < 1.29 is 4.79 Å². The van der Waals surface area contributed by atoms with E-state index in [1.807, 2.05) is 33.8 Å². The van der Waals surface area contributed by atoms with Gasteiger partial charge < -0.3 is 16.0 Å². The van der Waals surface area contributed by atoms with Crippen molar-refractivity contribution in [1.82, 2.24) is 20.9 Å². The van der Waals surface area contributed by atoms with Crippen LogP contribution in [-0.4, -0.2) is 55.0 Å². The lowest BCUT2D eigenvalue weighted by atomic mass is 10.1. The maximum Gasteiger partial charge on any atom is 0.242 e. The molecule has 0 aliphatic rings. The van der Waals surface area contributed by atoms with Crippen LogP contribution in [0.2, 0.25) is 0 Å². The number of rotatable bonds is 9. The lowest BCUT2D eigenvalue weighted by molar-refractivity contribution is -0.121. The van der Waals surface area contributed by atoms with Crippen LogP contribution in [0.25, 0.3) is 0 Å². The minimum atomic E-state index is -0.250. The predicted molar refractivity (Wildman–Crippen MR) is 129 cm³/mol. The predicted octanol–water partition coefficient (Wildman–Crippen LogP) is 3.16. The Morgan fingerprint density at radius 2 is 1.68 bits per heavy atom. The van der Waals surface area contributed by atoms with E-state index in [2.05, 4.69) is 64.0 Å². The average molecular weight is 503 g/mol. The topological polar surface area (TPSA) is 68.8 Å². The van der Waals surface area contributed by atoms with Crippen LogP contribution >= 0.6 is 24.0 Å². The lowest BCUT2D eigenvalue weighted by Crippen LogP contribution is -2.45. The fourth-order valence-electron chi connectivity index (χ4n) is 2.94. The number of likely N-dealkylation sites (N-methyl/N-ethyl adjacent to an activating group) is 1. The Hall–Kier alpha value is -1.35. The second-order valence-corrected chi connectivity index (χ2v) is 7.52. The smallest absolute Gasteiger partial charge is 0.242 e. The minimum absolute atomic E-state index is 0. The molecule has 0 aromatic heterocycles. The molecule has 0 heterocycles. The van der Waals surface area contributed by atoms with Gasteiger partial charge in [0.25, 0.3) is 0 Å². The SMILES string of the molecule is CCNC(=NCC(=O)NC(C)(C)C)NCC(c1ccccc1)N(CC)CC.I. The third kappa shape index (κ3) is 10.3. The van der Waals surface area contributed by atoms with E-state index in [0.717, 1.165) is 26.2 Å². The van der Waals surface area contributed by atoms with E-state index in [-0.39, 0.29) is 48.0 Å². The number of carbonyl (C=O) groups excluding carboxylic acids is 1. The molecule has 0 fully saturated rings. The quantitative estimate of drug-likeness (QED) is 0.275. The van der Waals surface area contributed by atoms with Crippen LogP contribution in [0.4, 0.5) is 0 Å². The highest BCUT2D eigenvalue weighted by atomic mass is 127. The highest BCUT2D eigenvalue weighted by molar-refractivity contribution is 14.0. The van der Waals surface area contributed by atoms with Crippen molar-refractivity contribution in [2.45, 2.75) is 53.1 Å². The van der Waals surface area contributed by atoms with Crippen molar-refractivity contribution in [2.75, 3.05) is 32.7 Å². The summed E-state index contributed by atoms with van der Waals surface area (Å²) in [5, 5.41) is 9.56. The molecule has 160 valence electrons. The maximum atomic E-state index is 12.0. The second kappa shape index (κ2) is 13.8. The molecule has 0 aliphatic carbocycles. The standard InChI is InChI=1S/C21H37N5O.HI/c1-7-22-20(24-16-19(27)25-21(4,5)6)23-15-18(26(8-2)9-3)17-13-11-10-12-14-17;/h10-14,18H,7-9,15-16H2,1-6H3,(H,25,27)(H2,22,23,24);1H. The average Bonchev–Trinajstić information content (AvgIpc) is 2.62. The van der Waals surface area contributed by atoms with Gasteiger partial charge in [-0.25, -0.2) is 4.99 Å². The molecule has 1 amide bonds. The zero-order chi connectivity index (χ0) is 20.3. The first kappa shape index (κ1) is 26.6. The third-order valence-electron chi connectivity index (χ3n) is 4.14. The highest BCUT2D eigenvalue weighted by Gasteiger charge is 2.18. The molecule has 0 saturated heterocycles. The van der Waals surface area contributed by atoms with Crippen molar-refractivity contribution in [1.29, 1.82) is 0 Å². The molecule has 1 rings (SSSR count). The van der Waals surface area contributed by atoms with Crippen LogP contribution in [0, 0.1) is 0 Å². The molecule has 1 atom stereocenters. The van der Waals surface area contributed by atoms with Crippen LogP contribution in [0.3, 0.4) is 0 Å².